The van der Waals surface area contributed by atoms with Gasteiger partial charge in [0, 0.05) is 6.42 Å². The van der Waals surface area contributed by atoms with Crippen molar-refractivity contribution in [2.45, 2.75) is 40.0 Å². The number of carbonyl (C=O) groups is 2. The molecule has 84 valence electrons. The number of esters is 1. The summed E-state index contributed by atoms with van der Waals surface area (Å²) in [6, 6.07) is 0. The van der Waals surface area contributed by atoms with Crippen LogP contribution < -0.4 is 0 Å². The second-order valence-electron chi connectivity index (χ2n) is 3.18. The molecule has 0 amide bonds. The molecule has 0 aliphatic rings. The van der Waals surface area contributed by atoms with Gasteiger partial charge in [-0.05, 0) is 26.3 Å². The number of allylic oxidation sites excluding steroid dienone is 4. The zero-order valence-electron chi connectivity index (χ0n) is 9.58. The van der Waals surface area contributed by atoms with Crippen molar-refractivity contribution < 1.29 is 14.3 Å². The van der Waals surface area contributed by atoms with Crippen molar-refractivity contribution in [3.63, 3.8) is 0 Å². The molecule has 0 bridgehead atoms. The van der Waals surface area contributed by atoms with Gasteiger partial charge in [-0.15, -0.1) is 0 Å². The number of hydrogen-bond acceptors (Lipinski definition) is 3. The van der Waals surface area contributed by atoms with Crippen LogP contribution in [0.1, 0.15) is 40.0 Å². The summed E-state index contributed by atoms with van der Waals surface area (Å²) < 4.78 is 5.02. The average molecular weight is 210 g/mol. The second-order valence-corrected chi connectivity index (χ2v) is 3.18. The number of carbonyl (C=O) groups excluding carboxylic acids is 2. The van der Waals surface area contributed by atoms with Crippen LogP contribution in [0.25, 0.3) is 0 Å². The third-order valence-electron chi connectivity index (χ3n) is 1.70. The Kier molecular flexibility index (Phi) is 7.24. The highest BCUT2D eigenvalue weighted by Gasteiger charge is 2.08. The standard InChI is InChI=1S/C12H18O3/c1-4-6-7-8-11(5-2)15-12(14)9-10(3)13/h4,6,8H,5,7,9H2,1-3H3/b6-4+,11-8+. The van der Waals surface area contributed by atoms with E-state index < -0.39 is 5.97 Å². The van der Waals surface area contributed by atoms with Gasteiger partial charge in [0.1, 0.15) is 18.0 Å². The van der Waals surface area contributed by atoms with Gasteiger partial charge in [-0.2, -0.15) is 0 Å². The number of rotatable bonds is 6. The third-order valence-corrected chi connectivity index (χ3v) is 1.70. The van der Waals surface area contributed by atoms with Gasteiger partial charge in [-0.3, -0.25) is 9.59 Å². The molecule has 0 saturated heterocycles. The van der Waals surface area contributed by atoms with Crippen molar-refractivity contribution in [2.75, 3.05) is 0 Å². The van der Waals surface area contributed by atoms with Gasteiger partial charge < -0.3 is 4.74 Å². The number of ether oxygens (including phenoxy) is 1. The maximum Gasteiger partial charge on any atom is 0.318 e. The molecule has 0 aromatic rings. The topological polar surface area (TPSA) is 43.4 Å². The zero-order valence-corrected chi connectivity index (χ0v) is 9.58. The van der Waals surface area contributed by atoms with Gasteiger partial charge in [-0.1, -0.05) is 19.1 Å². The predicted octanol–water partition coefficient (Wildman–Crippen LogP) is 2.77. The van der Waals surface area contributed by atoms with E-state index in [0.29, 0.717) is 12.2 Å². The second kappa shape index (κ2) is 7.97. The first-order chi connectivity index (χ1) is 7.10. The lowest BCUT2D eigenvalue weighted by Gasteiger charge is -2.04. The fourth-order valence-corrected chi connectivity index (χ4v) is 0.979. The van der Waals surface area contributed by atoms with Gasteiger partial charge in [0.15, 0.2) is 0 Å². The van der Waals surface area contributed by atoms with Crippen LogP contribution >= 0.6 is 0 Å². The van der Waals surface area contributed by atoms with Gasteiger partial charge in [0.25, 0.3) is 0 Å². The molecule has 0 aromatic carbocycles. The third kappa shape index (κ3) is 7.67. The highest BCUT2D eigenvalue weighted by atomic mass is 16.5. The molecule has 15 heavy (non-hydrogen) atoms. The Bertz CT molecular complexity index is 275. The lowest BCUT2D eigenvalue weighted by Crippen LogP contribution is -2.08. The monoisotopic (exact) mass is 210 g/mol. The Balaban J connectivity index is 4.14. The molecular formula is C12H18O3. The summed E-state index contributed by atoms with van der Waals surface area (Å²) in [7, 11) is 0. The molecule has 0 atom stereocenters. The van der Waals surface area contributed by atoms with Crippen LogP contribution in [-0.4, -0.2) is 11.8 Å². The zero-order chi connectivity index (χ0) is 11.7. The first-order valence-electron chi connectivity index (χ1n) is 5.10. The van der Waals surface area contributed by atoms with E-state index in [1.165, 1.54) is 6.92 Å². The molecule has 0 unspecified atom stereocenters. The minimum Gasteiger partial charge on any atom is -0.431 e. The summed E-state index contributed by atoms with van der Waals surface area (Å²) in [5, 5.41) is 0. The predicted molar refractivity (Wildman–Crippen MR) is 59.2 cm³/mol. The molecular weight excluding hydrogens is 192 g/mol. The van der Waals surface area contributed by atoms with E-state index in [0.717, 1.165) is 6.42 Å². The van der Waals surface area contributed by atoms with Gasteiger partial charge in [-0.25, -0.2) is 0 Å². The molecule has 0 spiro atoms. The van der Waals surface area contributed by atoms with Gasteiger partial charge in [0.05, 0.1) is 0 Å². The van der Waals surface area contributed by atoms with Crippen LogP contribution in [0.2, 0.25) is 0 Å². The maximum atomic E-state index is 11.2. The molecule has 0 rings (SSSR count). The largest absolute Gasteiger partial charge is 0.431 e. The first-order valence-corrected chi connectivity index (χ1v) is 5.10. The number of ketones is 1. The number of hydrogen-bond donors (Lipinski definition) is 0. The Hall–Kier alpha value is -1.38. The van der Waals surface area contributed by atoms with Crippen LogP contribution in [0.3, 0.4) is 0 Å². The highest BCUT2D eigenvalue weighted by molar-refractivity contribution is 5.94. The molecule has 0 aromatic heterocycles. The molecule has 3 heteroatoms. The van der Waals surface area contributed by atoms with E-state index in [9.17, 15) is 9.59 Å². The lowest BCUT2D eigenvalue weighted by atomic mass is 10.3. The van der Waals surface area contributed by atoms with E-state index in [-0.39, 0.29) is 12.2 Å². The molecule has 0 saturated carbocycles. The Morgan fingerprint density at radius 3 is 2.47 bits per heavy atom. The number of Topliss-reactive ketones (excluding diaryl/α,β-unsaturated/α-hetero) is 1. The van der Waals surface area contributed by atoms with Crippen molar-refractivity contribution in [1.82, 2.24) is 0 Å². The lowest BCUT2D eigenvalue weighted by molar-refractivity contribution is -0.142. The SMILES string of the molecule is C/C=C/C/C=C(\CC)OC(=O)CC(C)=O. The van der Waals surface area contributed by atoms with Crippen molar-refractivity contribution in [1.29, 1.82) is 0 Å². The fraction of sp³-hybridized carbons (Fsp3) is 0.500. The van der Waals surface area contributed by atoms with Crippen molar-refractivity contribution in [3.8, 4) is 0 Å². The normalized spacial score (nSPS) is 11.8. The summed E-state index contributed by atoms with van der Waals surface area (Å²) in [6.07, 6.45) is 6.99. The van der Waals surface area contributed by atoms with Gasteiger partial charge in [0.2, 0.25) is 0 Å². The van der Waals surface area contributed by atoms with Crippen molar-refractivity contribution >= 4 is 11.8 Å². The maximum absolute atomic E-state index is 11.2. The smallest absolute Gasteiger partial charge is 0.318 e. The summed E-state index contributed by atoms with van der Waals surface area (Å²) in [5.41, 5.74) is 0. The quantitative estimate of drug-likeness (QED) is 0.293. The van der Waals surface area contributed by atoms with E-state index in [4.69, 9.17) is 4.74 Å². The van der Waals surface area contributed by atoms with Gasteiger partial charge >= 0.3 is 5.97 Å². The summed E-state index contributed by atoms with van der Waals surface area (Å²) in [6.45, 7) is 5.21. The summed E-state index contributed by atoms with van der Waals surface area (Å²) in [5.74, 6) is -0.0284. The molecule has 0 radical (unpaired) electrons. The van der Waals surface area contributed by atoms with E-state index in [1.807, 2.05) is 32.1 Å². The molecule has 0 aliphatic heterocycles. The fourth-order valence-electron chi connectivity index (χ4n) is 0.979. The molecule has 0 N–H and O–H groups in total. The summed E-state index contributed by atoms with van der Waals surface area (Å²) in [4.78, 5) is 21.8. The molecule has 0 heterocycles. The Morgan fingerprint density at radius 2 is 2.00 bits per heavy atom. The summed E-state index contributed by atoms with van der Waals surface area (Å²) >= 11 is 0. The average Bonchev–Trinajstić information content (AvgIpc) is 2.15. The Morgan fingerprint density at radius 1 is 1.33 bits per heavy atom. The van der Waals surface area contributed by atoms with E-state index in [1.54, 1.807) is 0 Å². The van der Waals surface area contributed by atoms with E-state index >= 15 is 0 Å². The highest BCUT2D eigenvalue weighted by Crippen LogP contribution is 2.06. The van der Waals surface area contributed by atoms with Crippen LogP contribution in [0.15, 0.2) is 24.0 Å². The first kappa shape index (κ1) is 13.6. The van der Waals surface area contributed by atoms with Crippen LogP contribution in [0.4, 0.5) is 0 Å². The Labute approximate surface area is 90.8 Å². The van der Waals surface area contributed by atoms with E-state index in [2.05, 4.69) is 0 Å². The van der Waals surface area contributed by atoms with Crippen LogP contribution in [0.5, 0.6) is 0 Å². The minimum atomic E-state index is -0.476. The molecule has 0 fully saturated rings. The minimum absolute atomic E-state index is 0.152. The van der Waals surface area contributed by atoms with Crippen molar-refractivity contribution in [3.05, 3.63) is 24.0 Å². The van der Waals surface area contributed by atoms with Crippen LogP contribution in [0, 0.1) is 0 Å². The van der Waals surface area contributed by atoms with Crippen LogP contribution in [-0.2, 0) is 14.3 Å². The van der Waals surface area contributed by atoms with Crippen molar-refractivity contribution in [2.24, 2.45) is 0 Å². The molecule has 3 nitrogen and oxygen atoms in total. The molecule has 0 aliphatic carbocycles.